The van der Waals surface area contributed by atoms with Gasteiger partial charge >= 0.3 is 0 Å². The Labute approximate surface area is 95.8 Å². The van der Waals surface area contributed by atoms with Crippen LogP contribution < -0.4 is 10.6 Å². The second kappa shape index (κ2) is 6.04. The Morgan fingerprint density at radius 3 is 3.13 bits per heavy atom. The Bertz CT molecular complexity index is 254. The van der Waals surface area contributed by atoms with Gasteiger partial charge < -0.3 is 10.6 Å². The van der Waals surface area contributed by atoms with Crippen LogP contribution in [0.3, 0.4) is 0 Å². The summed E-state index contributed by atoms with van der Waals surface area (Å²) in [5, 5.41) is 6.17. The number of rotatable bonds is 5. The molecular formula is C11H18N2OS. The van der Waals surface area contributed by atoms with Crippen LogP contribution in [0.4, 0.5) is 0 Å². The lowest BCUT2D eigenvalue weighted by Gasteiger charge is -2.22. The first-order valence-corrected chi connectivity index (χ1v) is 6.39. The quantitative estimate of drug-likeness (QED) is 0.533. The molecule has 1 amide bonds. The van der Waals surface area contributed by atoms with Crippen molar-refractivity contribution in [2.75, 3.05) is 24.6 Å². The number of carbonyl (C=O) groups excluding carboxylic acids is 1. The van der Waals surface area contributed by atoms with Crippen molar-refractivity contribution in [1.29, 1.82) is 0 Å². The van der Waals surface area contributed by atoms with E-state index >= 15 is 0 Å². The molecule has 0 radical (unpaired) electrons. The first-order chi connectivity index (χ1) is 7.19. The maximum Gasteiger partial charge on any atom is 0.240 e. The van der Waals surface area contributed by atoms with E-state index in [1.165, 1.54) is 0 Å². The van der Waals surface area contributed by atoms with Gasteiger partial charge in [-0.25, -0.2) is 0 Å². The fourth-order valence-corrected chi connectivity index (χ4v) is 2.16. The predicted molar refractivity (Wildman–Crippen MR) is 64.8 cm³/mol. The largest absolute Gasteiger partial charge is 0.354 e. The zero-order valence-corrected chi connectivity index (χ0v) is 9.95. The van der Waals surface area contributed by atoms with Gasteiger partial charge in [0.05, 0.1) is 11.3 Å². The summed E-state index contributed by atoms with van der Waals surface area (Å²) in [6.45, 7) is 3.60. The summed E-state index contributed by atoms with van der Waals surface area (Å²) in [6.07, 6.45) is 7.13. The first kappa shape index (κ1) is 12.4. The number of thioether (sulfide) groups is 1. The van der Waals surface area contributed by atoms with Gasteiger partial charge in [0.1, 0.15) is 0 Å². The van der Waals surface area contributed by atoms with Gasteiger partial charge in [0.2, 0.25) is 5.91 Å². The van der Waals surface area contributed by atoms with Crippen molar-refractivity contribution < 1.29 is 4.79 Å². The molecule has 1 heterocycles. The van der Waals surface area contributed by atoms with E-state index in [4.69, 9.17) is 6.42 Å². The van der Waals surface area contributed by atoms with Gasteiger partial charge in [-0.05, 0) is 26.3 Å². The van der Waals surface area contributed by atoms with Crippen LogP contribution >= 0.6 is 11.8 Å². The van der Waals surface area contributed by atoms with Crippen molar-refractivity contribution in [3.8, 4) is 12.3 Å². The fourth-order valence-electron chi connectivity index (χ4n) is 1.65. The summed E-state index contributed by atoms with van der Waals surface area (Å²) < 4.78 is 0. The molecule has 3 nitrogen and oxygen atoms in total. The molecule has 84 valence electrons. The summed E-state index contributed by atoms with van der Waals surface area (Å²) in [6, 6.07) is 0. The third-order valence-electron chi connectivity index (χ3n) is 2.59. The zero-order valence-electron chi connectivity index (χ0n) is 9.14. The molecule has 0 aliphatic carbocycles. The molecule has 4 heteroatoms. The van der Waals surface area contributed by atoms with Gasteiger partial charge in [-0.2, -0.15) is 0 Å². The molecule has 0 saturated carbocycles. The van der Waals surface area contributed by atoms with Crippen molar-refractivity contribution in [3.05, 3.63) is 0 Å². The molecule has 1 unspecified atom stereocenters. The van der Waals surface area contributed by atoms with Crippen LogP contribution in [0.15, 0.2) is 0 Å². The minimum atomic E-state index is -0.350. The monoisotopic (exact) mass is 226 g/mol. The van der Waals surface area contributed by atoms with E-state index in [9.17, 15) is 4.79 Å². The van der Waals surface area contributed by atoms with Crippen LogP contribution in [0.2, 0.25) is 0 Å². The Kier molecular flexibility index (Phi) is 5.00. The minimum absolute atomic E-state index is 0.112. The molecule has 1 saturated heterocycles. The first-order valence-electron chi connectivity index (χ1n) is 5.23. The van der Waals surface area contributed by atoms with E-state index in [0.717, 1.165) is 25.1 Å². The van der Waals surface area contributed by atoms with Crippen LogP contribution in [-0.2, 0) is 4.79 Å². The summed E-state index contributed by atoms with van der Waals surface area (Å²) >= 11 is 1.67. The number of nitrogens with one attached hydrogen (secondary N) is 2. The minimum Gasteiger partial charge on any atom is -0.354 e. The summed E-state index contributed by atoms with van der Waals surface area (Å²) in [5.41, 5.74) is -0.350. The summed E-state index contributed by atoms with van der Waals surface area (Å²) in [4.78, 5) is 11.8. The lowest BCUT2D eigenvalue weighted by Crippen LogP contribution is -2.51. The molecule has 1 atom stereocenters. The Balaban J connectivity index is 2.16. The van der Waals surface area contributed by atoms with Gasteiger partial charge in [-0.3, -0.25) is 4.79 Å². The molecule has 2 N–H and O–H groups in total. The van der Waals surface area contributed by atoms with E-state index < -0.39 is 0 Å². The zero-order chi connectivity index (χ0) is 11.1. The molecule has 1 aliphatic heterocycles. The lowest BCUT2D eigenvalue weighted by molar-refractivity contribution is -0.126. The summed E-state index contributed by atoms with van der Waals surface area (Å²) in [5.74, 6) is 4.26. The van der Waals surface area contributed by atoms with Crippen molar-refractivity contribution in [1.82, 2.24) is 10.6 Å². The maximum absolute atomic E-state index is 11.8. The molecular weight excluding hydrogens is 208 g/mol. The van der Waals surface area contributed by atoms with Gasteiger partial charge in [-0.1, -0.05) is 5.92 Å². The van der Waals surface area contributed by atoms with E-state index in [-0.39, 0.29) is 11.4 Å². The van der Waals surface area contributed by atoms with Crippen LogP contribution in [-0.4, -0.2) is 36.0 Å². The standard InChI is InChI=1S/C11H18N2OS/c1-3-8-15-9-7-12-10(14)11(2)5-4-6-13-11/h1,13H,4-9H2,2H3,(H,12,14). The van der Waals surface area contributed by atoms with Crippen LogP contribution in [0, 0.1) is 12.3 Å². The predicted octanol–water partition coefficient (Wildman–Crippen LogP) is 0.611. The van der Waals surface area contributed by atoms with Crippen molar-refractivity contribution in [2.45, 2.75) is 25.3 Å². The normalized spacial score (nSPS) is 24.8. The van der Waals surface area contributed by atoms with Gasteiger partial charge in [0, 0.05) is 12.3 Å². The molecule has 0 spiro atoms. The topological polar surface area (TPSA) is 41.1 Å². The van der Waals surface area contributed by atoms with Gasteiger partial charge in [-0.15, -0.1) is 18.2 Å². The lowest BCUT2D eigenvalue weighted by atomic mass is 9.99. The van der Waals surface area contributed by atoms with Crippen LogP contribution in [0.5, 0.6) is 0 Å². The number of amides is 1. The highest BCUT2D eigenvalue weighted by molar-refractivity contribution is 7.99. The number of terminal acetylenes is 1. The Morgan fingerprint density at radius 2 is 2.53 bits per heavy atom. The van der Waals surface area contributed by atoms with Crippen molar-refractivity contribution in [3.63, 3.8) is 0 Å². The third-order valence-corrected chi connectivity index (χ3v) is 3.45. The number of hydrogen-bond acceptors (Lipinski definition) is 3. The average molecular weight is 226 g/mol. The molecule has 0 aromatic rings. The molecule has 1 aliphatic rings. The SMILES string of the molecule is C#CCSCCNC(=O)C1(C)CCCN1. The highest BCUT2D eigenvalue weighted by Gasteiger charge is 2.35. The van der Waals surface area contributed by atoms with Crippen molar-refractivity contribution >= 4 is 17.7 Å². The molecule has 0 bridgehead atoms. The Hall–Kier alpha value is -0.660. The molecule has 1 rings (SSSR count). The summed E-state index contributed by atoms with van der Waals surface area (Å²) in [7, 11) is 0. The molecule has 1 fully saturated rings. The van der Waals surface area contributed by atoms with Crippen molar-refractivity contribution in [2.24, 2.45) is 0 Å². The highest BCUT2D eigenvalue weighted by atomic mass is 32.2. The Morgan fingerprint density at radius 1 is 1.73 bits per heavy atom. The van der Waals surface area contributed by atoms with Crippen LogP contribution in [0.25, 0.3) is 0 Å². The van der Waals surface area contributed by atoms with E-state index in [0.29, 0.717) is 12.3 Å². The van der Waals surface area contributed by atoms with Crippen LogP contribution in [0.1, 0.15) is 19.8 Å². The van der Waals surface area contributed by atoms with E-state index in [2.05, 4.69) is 16.6 Å². The van der Waals surface area contributed by atoms with Gasteiger partial charge in [0.25, 0.3) is 0 Å². The van der Waals surface area contributed by atoms with E-state index in [1.54, 1.807) is 11.8 Å². The number of carbonyl (C=O) groups is 1. The molecule has 0 aromatic carbocycles. The van der Waals surface area contributed by atoms with E-state index in [1.807, 2.05) is 6.92 Å². The average Bonchev–Trinajstić information content (AvgIpc) is 2.66. The third kappa shape index (κ3) is 3.77. The highest BCUT2D eigenvalue weighted by Crippen LogP contribution is 2.18. The number of hydrogen-bond donors (Lipinski definition) is 2. The second-order valence-corrected chi connectivity index (χ2v) is 4.98. The van der Waals surface area contributed by atoms with Gasteiger partial charge in [0.15, 0.2) is 0 Å². The maximum atomic E-state index is 11.8. The molecule has 0 aromatic heterocycles. The molecule has 15 heavy (non-hydrogen) atoms. The smallest absolute Gasteiger partial charge is 0.240 e. The second-order valence-electron chi connectivity index (χ2n) is 3.88. The fraction of sp³-hybridized carbons (Fsp3) is 0.727.